The van der Waals surface area contributed by atoms with Crippen molar-refractivity contribution < 1.29 is 0 Å². The molecule has 0 fully saturated rings. The number of hydrogen-bond donors (Lipinski definition) is 0. The Morgan fingerprint density at radius 2 is 0.895 bits per heavy atom. The van der Waals surface area contributed by atoms with Crippen LogP contribution in [0.15, 0.2) is 120 Å². The number of hydrogen-bond acceptors (Lipinski definition) is 4. The van der Waals surface area contributed by atoms with Crippen molar-refractivity contribution in [3.05, 3.63) is 120 Å². The molecule has 2 heterocycles. The molecule has 178 valence electrons. The van der Waals surface area contributed by atoms with Gasteiger partial charge in [0.1, 0.15) is 10.0 Å². The zero-order valence-corrected chi connectivity index (χ0v) is 21.9. The third kappa shape index (κ3) is 3.38. The molecule has 0 amide bonds. The Morgan fingerprint density at radius 1 is 0.447 bits per heavy atom. The van der Waals surface area contributed by atoms with E-state index in [-0.39, 0.29) is 0 Å². The average molecular weight is 521 g/mol. The summed E-state index contributed by atoms with van der Waals surface area (Å²) < 4.78 is 0. The minimum Gasteiger partial charge on any atom is -0.245 e. The lowest BCUT2D eigenvalue weighted by Gasteiger charge is -2.17. The van der Waals surface area contributed by atoms with Crippen molar-refractivity contribution >= 4 is 55.0 Å². The molecule has 0 aliphatic rings. The first-order valence-corrected chi connectivity index (χ1v) is 14.3. The third-order valence-corrected chi connectivity index (χ3v) is 9.01. The van der Waals surface area contributed by atoms with Crippen molar-refractivity contribution in [2.24, 2.45) is 0 Å². The van der Waals surface area contributed by atoms with Crippen LogP contribution in [0.2, 0.25) is 0 Å². The highest BCUT2D eigenvalue weighted by atomic mass is 32.1. The summed E-state index contributed by atoms with van der Waals surface area (Å²) in [6.45, 7) is 0. The zero-order chi connectivity index (χ0) is 25.1. The number of aromatic nitrogens is 2. The normalized spacial score (nSPS) is 11.7. The van der Waals surface area contributed by atoms with Gasteiger partial charge >= 0.3 is 0 Å². The summed E-state index contributed by atoms with van der Waals surface area (Å²) in [5.74, 6) is 0. The van der Waals surface area contributed by atoms with Crippen molar-refractivity contribution in [3.63, 3.8) is 0 Å². The predicted molar refractivity (Wildman–Crippen MR) is 163 cm³/mol. The van der Waals surface area contributed by atoms with Gasteiger partial charge in [-0.2, -0.15) is 0 Å². The predicted octanol–water partition coefficient (Wildman–Crippen LogP) is 10.2. The van der Waals surface area contributed by atoms with Gasteiger partial charge in [0, 0.05) is 34.3 Å². The summed E-state index contributed by atoms with van der Waals surface area (Å²) in [6.07, 6.45) is 3.74. The molecular formula is C34H20N2S2. The molecule has 2 aromatic heterocycles. The van der Waals surface area contributed by atoms with Gasteiger partial charge in [-0.3, -0.25) is 0 Å². The van der Waals surface area contributed by atoms with Crippen LogP contribution in [-0.2, 0) is 0 Å². The van der Waals surface area contributed by atoms with E-state index < -0.39 is 0 Å². The maximum atomic E-state index is 4.53. The Morgan fingerprint density at radius 3 is 1.34 bits per heavy atom. The molecule has 0 unspecified atom stereocenters. The van der Waals surface area contributed by atoms with Crippen molar-refractivity contribution in [1.29, 1.82) is 0 Å². The third-order valence-electron chi connectivity index (χ3n) is 7.37. The first kappa shape index (κ1) is 21.7. The van der Waals surface area contributed by atoms with Gasteiger partial charge in [0.25, 0.3) is 0 Å². The second kappa shape index (κ2) is 8.59. The van der Waals surface area contributed by atoms with Crippen LogP contribution < -0.4 is 0 Å². The highest BCUT2D eigenvalue weighted by molar-refractivity contribution is 7.13. The van der Waals surface area contributed by atoms with E-state index in [1.165, 1.54) is 54.6 Å². The Balaban J connectivity index is 1.36. The summed E-state index contributed by atoms with van der Waals surface area (Å²) >= 11 is 3.35. The molecule has 0 radical (unpaired) electrons. The molecule has 2 nitrogen and oxygen atoms in total. The van der Waals surface area contributed by atoms with Gasteiger partial charge in [-0.05, 0) is 66.7 Å². The fourth-order valence-corrected chi connectivity index (χ4v) is 6.95. The lowest BCUT2D eigenvalue weighted by molar-refractivity contribution is 1.41. The molecule has 6 aromatic carbocycles. The van der Waals surface area contributed by atoms with Crippen LogP contribution in [0.1, 0.15) is 0 Å². The minimum atomic E-state index is 1.05. The Hall–Kier alpha value is -4.38. The number of rotatable bonds is 4. The lowest BCUT2D eigenvalue weighted by Crippen LogP contribution is -1.90. The van der Waals surface area contributed by atoms with Crippen LogP contribution in [0, 0.1) is 0 Å². The maximum absolute atomic E-state index is 4.53. The van der Waals surface area contributed by atoms with Gasteiger partial charge in [-0.1, -0.05) is 84.9 Å². The average Bonchev–Trinajstić information content (AvgIpc) is 3.71. The standard InChI is InChI=1S/C34H20N2S2/c1-3-23(19-25(5-1)33-35-15-17-37-33)27-11-7-21-10-14-30-28(12-8-22-9-13-29(27)31(21)32(22)30)24-4-2-6-26(20-24)34-36-16-18-38-34/h1-20H. The smallest absolute Gasteiger partial charge is 0.123 e. The minimum absolute atomic E-state index is 1.05. The zero-order valence-electron chi connectivity index (χ0n) is 20.3. The summed E-state index contributed by atoms with van der Waals surface area (Å²) in [5.41, 5.74) is 7.25. The first-order chi connectivity index (χ1) is 18.8. The molecule has 38 heavy (non-hydrogen) atoms. The van der Waals surface area contributed by atoms with E-state index in [4.69, 9.17) is 0 Å². The van der Waals surface area contributed by atoms with E-state index in [9.17, 15) is 0 Å². The topological polar surface area (TPSA) is 25.8 Å². The molecule has 0 saturated heterocycles. The molecular weight excluding hydrogens is 501 g/mol. The first-order valence-electron chi connectivity index (χ1n) is 12.5. The SMILES string of the molecule is c1cc(-c2nccs2)cc(-c2ccc3ccc4c(-c5cccc(-c6nccs6)c5)ccc5ccc2c3c54)c1. The highest BCUT2D eigenvalue weighted by Gasteiger charge is 2.15. The Bertz CT molecular complexity index is 1920. The quantitative estimate of drug-likeness (QED) is 0.216. The van der Waals surface area contributed by atoms with E-state index >= 15 is 0 Å². The van der Waals surface area contributed by atoms with Crippen molar-refractivity contribution in [1.82, 2.24) is 9.97 Å². The molecule has 0 spiro atoms. The molecule has 0 aliphatic heterocycles. The van der Waals surface area contributed by atoms with Gasteiger partial charge in [0.15, 0.2) is 0 Å². The van der Waals surface area contributed by atoms with E-state index in [1.807, 2.05) is 23.2 Å². The lowest BCUT2D eigenvalue weighted by atomic mass is 9.87. The van der Waals surface area contributed by atoms with Gasteiger partial charge in [-0.25, -0.2) is 9.97 Å². The van der Waals surface area contributed by atoms with Gasteiger partial charge in [0.2, 0.25) is 0 Å². The largest absolute Gasteiger partial charge is 0.245 e. The monoisotopic (exact) mass is 520 g/mol. The summed E-state index contributed by atoms with van der Waals surface area (Å²) in [6, 6.07) is 35.7. The molecule has 0 N–H and O–H groups in total. The second-order valence-electron chi connectivity index (χ2n) is 9.48. The fourth-order valence-electron chi connectivity index (χ4n) is 5.68. The van der Waals surface area contributed by atoms with Crippen LogP contribution in [-0.4, -0.2) is 9.97 Å². The van der Waals surface area contributed by atoms with Gasteiger partial charge < -0.3 is 0 Å². The summed E-state index contributed by atoms with van der Waals surface area (Å²) in [5, 5.41) is 13.9. The molecule has 0 atom stereocenters. The van der Waals surface area contributed by atoms with Crippen molar-refractivity contribution in [2.75, 3.05) is 0 Å². The molecule has 4 heteroatoms. The van der Waals surface area contributed by atoms with Crippen molar-refractivity contribution in [3.8, 4) is 43.4 Å². The molecule has 0 bridgehead atoms. The van der Waals surface area contributed by atoms with Gasteiger partial charge in [0.05, 0.1) is 0 Å². The van der Waals surface area contributed by atoms with Crippen LogP contribution in [0.25, 0.3) is 75.7 Å². The number of thiazole rings is 2. The van der Waals surface area contributed by atoms with E-state index in [1.54, 1.807) is 22.7 Å². The molecule has 8 rings (SSSR count). The summed E-state index contributed by atoms with van der Waals surface area (Å²) in [4.78, 5) is 9.05. The number of benzene rings is 6. The Kier molecular flexibility index (Phi) is 4.90. The number of nitrogens with zero attached hydrogens (tertiary/aromatic N) is 2. The fraction of sp³-hybridized carbons (Fsp3) is 0. The maximum Gasteiger partial charge on any atom is 0.123 e. The second-order valence-corrected chi connectivity index (χ2v) is 11.3. The van der Waals surface area contributed by atoms with Crippen LogP contribution in [0.4, 0.5) is 0 Å². The molecule has 8 aromatic rings. The van der Waals surface area contributed by atoms with E-state index in [0.29, 0.717) is 0 Å². The van der Waals surface area contributed by atoms with Crippen LogP contribution in [0.3, 0.4) is 0 Å². The van der Waals surface area contributed by atoms with E-state index in [0.717, 1.165) is 21.1 Å². The van der Waals surface area contributed by atoms with Gasteiger partial charge in [-0.15, -0.1) is 22.7 Å². The van der Waals surface area contributed by atoms with Crippen molar-refractivity contribution in [2.45, 2.75) is 0 Å². The van der Waals surface area contributed by atoms with Crippen LogP contribution >= 0.6 is 22.7 Å². The van der Waals surface area contributed by atoms with Crippen LogP contribution in [0.5, 0.6) is 0 Å². The van der Waals surface area contributed by atoms with E-state index in [2.05, 4.69) is 107 Å². The summed E-state index contributed by atoms with van der Waals surface area (Å²) in [7, 11) is 0. The Labute approximate surface area is 227 Å². The molecule has 0 aliphatic carbocycles. The highest BCUT2D eigenvalue weighted by Crippen LogP contribution is 2.43. The molecule has 0 saturated carbocycles.